The summed E-state index contributed by atoms with van der Waals surface area (Å²) in [6.07, 6.45) is 1.04. The number of hydrogen-bond acceptors (Lipinski definition) is 0. The second-order valence-corrected chi connectivity index (χ2v) is 5.46. The van der Waals surface area contributed by atoms with E-state index in [4.69, 9.17) is 0 Å². The van der Waals surface area contributed by atoms with E-state index in [0.717, 1.165) is 6.42 Å². The van der Waals surface area contributed by atoms with Crippen molar-refractivity contribution in [1.82, 2.24) is 0 Å². The van der Waals surface area contributed by atoms with Crippen LogP contribution >= 0.6 is 0 Å². The van der Waals surface area contributed by atoms with Gasteiger partial charge < -0.3 is 0 Å². The van der Waals surface area contributed by atoms with Gasteiger partial charge in [0.15, 0.2) is 0 Å². The molecule has 94 valence electrons. The topological polar surface area (TPSA) is 0 Å². The standard InChI is InChI=1S/C18H22/c1-12-6-7-18(15(4)8-12)11-17-9-13(2)16(5)14(3)10-17/h6-10H,11H2,1-5H3. The zero-order valence-corrected chi connectivity index (χ0v) is 12.1. The van der Waals surface area contributed by atoms with Crippen molar-refractivity contribution >= 4 is 0 Å². The molecule has 0 fully saturated rings. The first-order valence-electron chi connectivity index (χ1n) is 6.60. The van der Waals surface area contributed by atoms with Crippen LogP contribution in [-0.2, 0) is 6.42 Å². The molecule has 0 aliphatic rings. The molecule has 0 aliphatic heterocycles. The minimum atomic E-state index is 1.04. The van der Waals surface area contributed by atoms with E-state index >= 15 is 0 Å². The van der Waals surface area contributed by atoms with Crippen molar-refractivity contribution in [2.24, 2.45) is 0 Å². The minimum Gasteiger partial charge on any atom is -0.0590 e. The van der Waals surface area contributed by atoms with Crippen molar-refractivity contribution in [3.63, 3.8) is 0 Å². The maximum atomic E-state index is 2.32. The highest BCUT2D eigenvalue weighted by molar-refractivity contribution is 5.41. The summed E-state index contributed by atoms with van der Waals surface area (Å²) in [7, 11) is 0. The molecule has 2 aromatic rings. The molecule has 0 heterocycles. The molecule has 0 N–H and O–H groups in total. The summed E-state index contributed by atoms with van der Waals surface area (Å²) in [6, 6.07) is 11.4. The molecule has 0 saturated heterocycles. The second-order valence-electron chi connectivity index (χ2n) is 5.46. The van der Waals surface area contributed by atoms with E-state index in [-0.39, 0.29) is 0 Å². The van der Waals surface area contributed by atoms with Gasteiger partial charge in [-0.1, -0.05) is 35.9 Å². The van der Waals surface area contributed by atoms with Gasteiger partial charge in [-0.2, -0.15) is 0 Å². The molecular formula is C18H22. The van der Waals surface area contributed by atoms with Crippen LogP contribution in [0.15, 0.2) is 30.3 Å². The highest BCUT2D eigenvalue weighted by atomic mass is 14.1. The molecule has 0 radical (unpaired) electrons. The summed E-state index contributed by atoms with van der Waals surface area (Å²) in [5.41, 5.74) is 9.80. The Balaban J connectivity index is 2.34. The lowest BCUT2D eigenvalue weighted by Gasteiger charge is -2.11. The minimum absolute atomic E-state index is 1.04. The van der Waals surface area contributed by atoms with Crippen LogP contribution in [0.2, 0.25) is 0 Å². The van der Waals surface area contributed by atoms with Crippen LogP contribution in [0.1, 0.15) is 38.9 Å². The quantitative estimate of drug-likeness (QED) is 0.703. The van der Waals surface area contributed by atoms with E-state index in [1.807, 2.05) is 0 Å². The monoisotopic (exact) mass is 238 g/mol. The van der Waals surface area contributed by atoms with Gasteiger partial charge in [0.1, 0.15) is 0 Å². The molecule has 2 rings (SSSR count). The summed E-state index contributed by atoms with van der Waals surface area (Å²) in [6.45, 7) is 11.0. The Kier molecular flexibility index (Phi) is 3.56. The summed E-state index contributed by atoms with van der Waals surface area (Å²) in [5.74, 6) is 0. The van der Waals surface area contributed by atoms with Crippen LogP contribution in [0.5, 0.6) is 0 Å². The van der Waals surface area contributed by atoms with Crippen LogP contribution in [0.3, 0.4) is 0 Å². The fraction of sp³-hybridized carbons (Fsp3) is 0.333. The van der Waals surface area contributed by atoms with Crippen LogP contribution in [-0.4, -0.2) is 0 Å². The zero-order chi connectivity index (χ0) is 13.3. The van der Waals surface area contributed by atoms with Crippen LogP contribution in [0.25, 0.3) is 0 Å². The molecule has 0 atom stereocenters. The van der Waals surface area contributed by atoms with Crippen molar-refractivity contribution in [2.75, 3.05) is 0 Å². The fourth-order valence-electron chi connectivity index (χ4n) is 2.49. The van der Waals surface area contributed by atoms with Crippen LogP contribution in [0.4, 0.5) is 0 Å². The second kappa shape index (κ2) is 4.97. The first kappa shape index (κ1) is 12.9. The Morgan fingerprint density at radius 3 is 1.89 bits per heavy atom. The first-order valence-corrected chi connectivity index (χ1v) is 6.60. The predicted molar refractivity (Wildman–Crippen MR) is 79.4 cm³/mol. The van der Waals surface area contributed by atoms with Crippen molar-refractivity contribution in [1.29, 1.82) is 0 Å². The molecular weight excluding hydrogens is 216 g/mol. The molecule has 0 amide bonds. The van der Waals surface area contributed by atoms with Crippen molar-refractivity contribution in [2.45, 2.75) is 41.0 Å². The summed E-state index contributed by atoms with van der Waals surface area (Å²) < 4.78 is 0. The molecule has 0 nitrogen and oxygen atoms in total. The highest BCUT2D eigenvalue weighted by Gasteiger charge is 2.04. The molecule has 0 heteroatoms. The summed E-state index contributed by atoms with van der Waals surface area (Å²) in [5, 5.41) is 0. The molecule has 0 aliphatic carbocycles. The highest BCUT2D eigenvalue weighted by Crippen LogP contribution is 2.20. The van der Waals surface area contributed by atoms with E-state index < -0.39 is 0 Å². The van der Waals surface area contributed by atoms with Crippen LogP contribution < -0.4 is 0 Å². The lowest BCUT2D eigenvalue weighted by atomic mass is 9.94. The van der Waals surface area contributed by atoms with Gasteiger partial charge in [0.25, 0.3) is 0 Å². The van der Waals surface area contributed by atoms with E-state index in [0.29, 0.717) is 0 Å². The van der Waals surface area contributed by atoms with Gasteiger partial charge in [-0.15, -0.1) is 0 Å². The third-order valence-corrected chi connectivity index (χ3v) is 3.88. The number of rotatable bonds is 2. The molecule has 0 bridgehead atoms. The largest absolute Gasteiger partial charge is 0.0590 e. The Bertz CT molecular complexity index is 554. The predicted octanol–water partition coefficient (Wildman–Crippen LogP) is 4.82. The average molecular weight is 238 g/mol. The summed E-state index contributed by atoms with van der Waals surface area (Å²) in [4.78, 5) is 0. The molecule has 0 spiro atoms. The van der Waals surface area contributed by atoms with E-state index in [9.17, 15) is 0 Å². The number of aryl methyl sites for hydroxylation is 4. The van der Waals surface area contributed by atoms with E-state index in [1.54, 1.807) is 0 Å². The Labute approximate surface area is 111 Å². The number of hydrogen-bond donors (Lipinski definition) is 0. The third kappa shape index (κ3) is 2.64. The third-order valence-electron chi connectivity index (χ3n) is 3.88. The average Bonchev–Trinajstić information content (AvgIpc) is 2.29. The van der Waals surface area contributed by atoms with E-state index in [2.05, 4.69) is 65.0 Å². The normalized spacial score (nSPS) is 10.7. The van der Waals surface area contributed by atoms with Gasteiger partial charge in [-0.25, -0.2) is 0 Å². The molecule has 0 aromatic heterocycles. The van der Waals surface area contributed by atoms with Crippen molar-refractivity contribution in [3.8, 4) is 0 Å². The number of benzene rings is 2. The SMILES string of the molecule is Cc1ccc(Cc2cc(C)c(C)c(C)c2)c(C)c1. The smallest absolute Gasteiger partial charge is 0.00229 e. The van der Waals surface area contributed by atoms with Crippen molar-refractivity contribution in [3.05, 3.63) is 69.3 Å². The lowest BCUT2D eigenvalue weighted by molar-refractivity contribution is 1.12. The van der Waals surface area contributed by atoms with Gasteiger partial charge in [0.2, 0.25) is 0 Å². The van der Waals surface area contributed by atoms with Crippen molar-refractivity contribution < 1.29 is 0 Å². The molecule has 2 aromatic carbocycles. The Morgan fingerprint density at radius 2 is 1.33 bits per heavy atom. The lowest BCUT2D eigenvalue weighted by Crippen LogP contribution is -1.96. The summed E-state index contributed by atoms with van der Waals surface area (Å²) >= 11 is 0. The van der Waals surface area contributed by atoms with Crippen LogP contribution in [0, 0.1) is 34.6 Å². The van der Waals surface area contributed by atoms with Gasteiger partial charge >= 0.3 is 0 Å². The van der Waals surface area contributed by atoms with Gasteiger partial charge in [0.05, 0.1) is 0 Å². The fourth-order valence-corrected chi connectivity index (χ4v) is 2.49. The zero-order valence-electron chi connectivity index (χ0n) is 12.1. The Morgan fingerprint density at radius 1 is 0.722 bits per heavy atom. The molecule has 18 heavy (non-hydrogen) atoms. The molecule has 0 saturated carbocycles. The first-order chi connectivity index (χ1) is 8.47. The maximum Gasteiger partial charge on any atom is -0.00229 e. The Hall–Kier alpha value is -1.56. The molecule has 0 unspecified atom stereocenters. The van der Waals surface area contributed by atoms with Gasteiger partial charge in [0, 0.05) is 0 Å². The maximum absolute atomic E-state index is 2.32. The van der Waals surface area contributed by atoms with E-state index in [1.165, 1.54) is 38.9 Å². The van der Waals surface area contributed by atoms with Gasteiger partial charge in [-0.05, 0) is 74.4 Å². The van der Waals surface area contributed by atoms with Gasteiger partial charge in [-0.3, -0.25) is 0 Å².